The van der Waals surface area contributed by atoms with Crippen LogP contribution in [0.25, 0.3) is 0 Å². The summed E-state index contributed by atoms with van der Waals surface area (Å²) in [5.74, 6) is -0.0620. The highest BCUT2D eigenvalue weighted by molar-refractivity contribution is 5.78. The summed E-state index contributed by atoms with van der Waals surface area (Å²) in [6.45, 7) is 3.74. The van der Waals surface area contributed by atoms with E-state index in [0.717, 1.165) is 32.4 Å². The predicted molar refractivity (Wildman–Crippen MR) is 63.7 cm³/mol. The van der Waals surface area contributed by atoms with E-state index in [2.05, 4.69) is 15.0 Å². The van der Waals surface area contributed by atoms with Crippen LogP contribution < -0.4 is 0 Å². The topological polar surface area (TPSA) is 60.2 Å². The van der Waals surface area contributed by atoms with Gasteiger partial charge in [0.15, 0.2) is 0 Å². The minimum Gasteiger partial charge on any atom is -0.461 e. The second-order valence-corrected chi connectivity index (χ2v) is 5.15. The monoisotopic (exact) mass is 250 g/mol. The zero-order valence-electron chi connectivity index (χ0n) is 10.5. The highest BCUT2D eigenvalue weighted by Gasteiger charge is 2.41. The predicted octanol–water partition coefficient (Wildman–Crippen LogP) is 0.447. The maximum atomic E-state index is 11.8. The molecular weight excluding hydrogens is 232 g/mol. The summed E-state index contributed by atoms with van der Waals surface area (Å²) in [6, 6.07) is 0.311. The summed E-state index contributed by atoms with van der Waals surface area (Å²) in [4.78, 5) is 18.1. The Morgan fingerprint density at radius 3 is 3.11 bits per heavy atom. The largest absolute Gasteiger partial charge is 0.461 e. The molecule has 2 aliphatic heterocycles. The van der Waals surface area contributed by atoms with E-state index in [4.69, 9.17) is 4.74 Å². The summed E-state index contributed by atoms with van der Waals surface area (Å²) in [5, 5.41) is 4.14. The van der Waals surface area contributed by atoms with E-state index in [1.54, 1.807) is 12.7 Å². The fourth-order valence-corrected chi connectivity index (χ4v) is 3.01. The minimum atomic E-state index is -0.0620. The van der Waals surface area contributed by atoms with Gasteiger partial charge < -0.3 is 4.74 Å². The Morgan fingerprint density at radius 1 is 1.56 bits per heavy atom. The number of rotatable bonds is 3. The molecule has 0 amide bonds. The van der Waals surface area contributed by atoms with Crippen molar-refractivity contribution >= 4 is 5.97 Å². The van der Waals surface area contributed by atoms with Crippen molar-refractivity contribution in [3.05, 3.63) is 12.7 Å². The molecule has 1 aromatic rings. The molecule has 0 aromatic carbocycles. The standard InChI is InChI=1S/C12H18N4O2/c1-9-5-11(12(17)18-9)16-4-2-3-10(16)6-15-8-13-7-14-15/h7-11H,2-6H2,1H3/t9-,10+,11+/m1/s1. The number of hydrogen-bond acceptors (Lipinski definition) is 5. The van der Waals surface area contributed by atoms with Crippen molar-refractivity contribution in [2.75, 3.05) is 6.54 Å². The van der Waals surface area contributed by atoms with Gasteiger partial charge in [-0.1, -0.05) is 0 Å². The van der Waals surface area contributed by atoms with Crippen LogP contribution in [-0.2, 0) is 16.1 Å². The molecule has 2 aliphatic rings. The molecule has 0 radical (unpaired) electrons. The molecule has 0 unspecified atom stereocenters. The lowest BCUT2D eigenvalue weighted by molar-refractivity contribution is -0.145. The zero-order chi connectivity index (χ0) is 12.5. The van der Waals surface area contributed by atoms with Crippen LogP contribution in [0.3, 0.4) is 0 Å². The normalized spacial score (nSPS) is 32.9. The number of carbonyl (C=O) groups is 1. The summed E-state index contributed by atoms with van der Waals surface area (Å²) in [5.41, 5.74) is 0. The number of nitrogens with zero attached hydrogens (tertiary/aromatic N) is 4. The molecule has 0 aliphatic carbocycles. The third-order valence-electron chi connectivity index (χ3n) is 3.83. The second-order valence-electron chi connectivity index (χ2n) is 5.15. The molecule has 3 atom stereocenters. The summed E-state index contributed by atoms with van der Waals surface area (Å²) < 4.78 is 7.09. The summed E-state index contributed by atoms with van der Waals surface area (Å²) in [6.07, 6.45) is 6.38. The molecule has 2 fully saturated rings. The average molecular weight is 250 g/mol. The Bertz CT molecular complexity index is 420. The molecular formula is C12H18N4O2. The van der Waals surface area contributed by atoms with Crippen molar-refractivity contribution in [3.63, 3.8) is 0 Å². The Hall–Kier alpha value is -1.43. The van der Waals surface area contributed by atoms with E-state index in [0.29, 0.717) is 6.04 Å². The average Bonchev–Trinajstić information content (AvgIpc) is 3.02. The van der Waals surface area contributed by atoms with Gasteiger partial charge in [0.1, 0.15) is 24.8 Å². The highest BCUT2D eigenvalue weighted by Crippen LogP contribution is 2.28. The van der Waals surface area contributed by atoms with Gasteiger partial charge in [-0.15, -0.1) is 0 Å². The smallest absolute Gasteiger partial charge is 0.323 e. The molecule has 0 saturated carbocycles. The van der Waals surface area contributed by atoms with Crippen LogP contribution in [0, 0.1) is 0 Å². The molecule has 0 N–H and O–H groups in total. The van der Waals surface area contributed by atoms with Gasteiger partial charge in [0, 0.05) is 12.5 Å². The van der Waals surface area contributed by atoms with Crippen LogP contribution in [0.15, 0.2) is 12.7 Å². The quantitative estimate of drug-likeness (QED) is 0.729. The molecule has 3 heterocycles. The molecule has 3 rings (SSSR count). The van der Waals surface area contributed by atoms with E-state index >= 15 is 0 Å². The molecule has 2 saturated heterocycles. The molecule has 18 heavy (non-hydrogen) atoms. The van der Waals surface area contributed by atoms with Gasteiger partial charge in [-0.25, -0.2) is 4.98 Å². The van der Waals surface area contributed by atoms with Crippen LogP contribution >= 0.6 is 0 Å². The van der Waals surface area contributed by atoms with Gasteiger partial charge in [0.05, 0.1) is 6.54 Å². The number of esters is 1. The Morgan fingerprint density at radius 2 is 2.44 bits per heavy atom. The van der Waals surface area contributed by atoms with Crippen molar-refractivity contribution in [1.82, 2.24) is 19.7 Å². The summed E-state index contributed by atoms with van der Waals surface area (Å²) in [7, 11) is 0. The van der Waals surface area contributed by atoms with E-state index in [1.165, 1.54) is 0 Å². The van der Waals surface area contributed by atoms with Crippen molar-refractivity contribution in [3.8, 4) is 0 Å². The van der Waals surface area contributed by atoms with Crippen LogP contribution in [0.1, 0.15) is 26.2 Å². The maximum Gasteiger partial charge on any atom is 0.323 e. The van der Waals surface area contributed by atoms with Crippen molar-refractivity contribution in [1.29, 1.82) is 0 Å². The zero-order valence-corrected chi connectivity index (χ0v) is 10.5. The fraction of sp³-hybridized carbons (Fsp3) is 0.750. The number of hydrogen-bond donors (Lipinski definition) is 0. The molecule has 1 aromatic heterocycles. The van der Waals surface area contributed by atoms with Gasteiger partial charge in [-0.3, -0.25) is 14.4 Å². The van der Waals surface area contributed by atoms with Gasteiger partial charge in [-0.05, 0) is 26.3 Å². The third kappa shape index (κ3) is 2.12. The van der Waals surface area contributed by atoms with Crippen molar-refractivity contribution < 1.29 is 9.53 Å². The number of cyclic esters (lactones) is 1. The lowest BCUT2D eigenvalue weighted by atomic mass is 10.1. The van der Waals surface area contributed by atoms with Gasteiger partial charge in [-0.2, -0.15) is 5.10 Å². The van der Waals surface area contributed by atoms with E-state index in [1.807, 2.05) is 11.6 Å². The second kappa shape index (κ2) is 4.68. The lowest BCUT2D eigenvalue weighted by Crippen LogP contribution is -2.43. The van der Waals surface area contributed by atoms with E-state index < -0.39 is 0 Å². The Balaban J connectivity index is 1.69. The van der Waals surface area contributed by atoms with E-state index in [9.17, 15) is 4.79 Å². The lowest BCUT2D eigenvalue weighted by Gasteiger charge is -2.27. The van der Waals surface area contributed by atoms with Crippen LogP contribution in [-0.4, -0.2) is 50.4 Å². The SMILES string of the molecule is C[C@@H]1C[C@H](N2CCC[C@H]2Cn2cncn2)C(=O)O1. The third-order valence-corrected chi connectivity index (χ3v) is 3.83. The number of aromatic nitrogens is 3. The Kier molecular flexibility index (Phi) is 3.03. The van der Waals surface area contributed by atoms with Gasteiger partial charge in [0.2, 0.25) is 0 Å². The molecule has 6 heteroatoms. The molecule has 0 spiro atoms. The van der Waals surface area contributed by atoms with Crippen LogP contribution in [0.5, 0.6) is 0 Å². The van der Waals surface area contributed by atoms with Gasteiger partial charge in [0.25, 0.3) is 0 Å². The minimum absolute atomic E-state index is 0.0510. The number of likely N-dealkylation sites (tertiary alicyclic amines) is 1. The first-order chi connectivity index (χ1) is 8.74. The maximum absolute atomic E-state index is 11.8. The highest BCUT2D eigenvalue weighted by atomic mass is 16.6. The first-order valence-corrected chi connectivity index (χ1v) is 6.52. The number of carbonyl (C=O) groups excluding carboxylic acids is 1. The first-order valence-electron chi connectivity index (χ1n) is 6.52. The molecule has 0 bridgehead atoms. The van der Waals surface area contributed by atoms with Crippen molar-refractivity contribution in [2.45, 2.75) is 50.9 Å². The first kappa shape index (κ1) is 11.6. The summed E-state index contributed by atoms with van der Waals surface area (Å²) >= 11 is 0. The molecule has 98 valence electrons. The molecule has 6 nitrogen and oxygen atoms in total. The van der Waals surface area contributed by atoms with E-state index in [-0.39, 0.29) is 18.1 Å². The fourth-order valence-electron chi connectivity index (χ4n) is 3.01. The number of ether oxygens (including phenoxy) is 1. The van der Waals surface area contributed by atoms with Gasteiger partial charge >= 0.3 is 5.97 Å². The van der Waals surface area contributed by atoms with Crippen LogP contribution in [0.2, 0.25) is 0 Å². The Labute approximate surface area is 106 Å². The van der Waals surface area contributed by atoms with Crippen LogP contribution in [0.4, 0.5) is 0 Å². The van der Waals surface area contributed by atoms with Crippen molar-refractivity contribution in [2.24, 2.45) is 0 Å².